The van der Waals surface area contributed by atoms with Crippen molar-refractivity contribution in [3.63, 3.8) is 0 Å². The Labute approximate surface area is 98.6 Å². The summed E-state index contributed by atoms with van der Waals surface area (Å²) in [5.74, 6) is 2.16. The lowest BCUT2D eigenvalue weighted by Gasteiger charge is -1.96. The topological polar surface area (TPSA) is 63.2 Å². The minimum atomic E-state index is -0.458. The number of carbonyl (C=O) groups excluding carboxylic acids is 1. The van der Waals surface area contributed by atoms with Crippen molar-refractivity contribution in [1.82, 2.24) is 0 Å². The molecule has 0 radical (unpaired) electrons. The molecule has 1 aromatic rings. The molecule has 0 unspecified atom stereocenters. The first-order valence-electron chi connectivity index (χ1n) is 4.89. The maximum atomic E-state index is 11.1. The van der Waals surface area contributed by atoms with Gasteiger partial charge in [-0.05, 0) is 24.3 Å². The molecule has 0 bridgehead atoms. The average Bonchev–Trinajstić information content (AvgIpc) is 2.76. The van der Waals surface area contributed by atoms with Gasteiger partial charge in [-0.3, -0.25) is 0 Å². The third kappa shape index (κ3) is 3.99. The zero-order valence-electron chi connectivity index (χ0n) is 9.06. The van der Waals surface area contributed by atoms with Gasteiger partial charge in [0.2, 0.25) is 5.76 Å². The summed E-state index contributed by atoms with van der Waals surface area (Å²) in [6.07, 6.45) is 1.46. The third-order valence-electron chi connectivity index (χ3n) is 1.87. The van der Waals surface area contributed by atoms with Crippen LogP contribution in [-0.4, -0.2) is 18.8 Å². The molecular formula is C11H13NO3S. The van der Waals surface area contributed by atoms with E-state index in [2.05, 4.69) is 10.8 Å². The number of esters is 1. The third-order valence-corrected chi connectivity index (χ3v) is 2.94. The quantitative estimate of drug-likeness (QED) is 0.564. The molecule has 1 rings (SSSR count). The summed E-state index contributed by atoms with van der Waals surface area (Å²) < 4.78 is 9.81. The van der Waals surface area contributed by atoms with Gasteiger partial charge in [-0.25, -0.2) is 4.79 Å². The van der Waals surface area contributed by atoms with Crippen LogP contribution < -0.4 is 0 Å². The molecule has 0 atom stereocenters. The molecule has 0 N–H and O–H groups in total. The molecule has 5 heteroatoms. The minimum absolute atomic E-state index is 0.232. The van der Waals surface area contributed by atoms with Gasteiger partial charge in [-0.2, -0.15) is 17.0 Å². The molecule has 0 amide bonds. The van der Waals surface area contributed by atoms with Crippen LogP contribution in [0.5, 0.6) is 0 Å². The van der Waals surface area contributed by atoms with Crippen LogP contribution in [0.4, 0.5) is 0 Å². The van der Waals surface area contributed by atoms with E-state index in [-0.39, 0.29) is 5.76 Å². The molecular weight excluding hydrogens is 226 g/mol. The Morgan fingerprint density at radius 2 is 2.44 bits per heavy atom. The zero-order chi connectivity index (χ0) is 11.8. The lowest BCUT2D eigenvalue weighted by Crippen LogP contribution is -1.98. The molecule has 16 heavy (non-hydrogen) atoms. The van der Waals surface area contributed by atoms with Crippen LogP contribution in [0.1, 0.15) is 29.2 Å². The highest BCUT2D eigenvalue weighted by Gasteiger charge is 2.10. The van der Waals surface area contributed by atoms with Crippen molar-refractivity contribution in [2.24, 2.45) is 0 Å². The summed E-state index contributed by atoms with van der Waals surface area (Å²) in [5.41, 5.74) is 0. The molecule has 86 valence electrons. The van der Waals surface area contributed by atoms with Gasteiger partial charge < -0.3 is 9.15 Å². The van der Waals surface area contributed by atoms with E-state index in [0.29, 0.717) is 12.2 Å². The van der Waals surface area contributed by atoms with E-state index in [0.717, 1.165) is 17.9 Å². The molecule has 1 aromatic heterocycles. The van der Waals surface area contributed by atoms with E-state index in [4.69, 9.17) is 9.68 Å². The summed E-state index contributed by atoms with van der Waals surface area (Å²) in [6.45, 7) is 0. The van der Waals surface area contributed by atoms with Crippen LogP contribution >= 0.6 is 11.8 Å². The number of unbranched alkanes of at least 4 members (excludes halogenated alkanes) is 1. The van der Waals surface area contributed by atoms with Crippen LogP contribution in [0, 0.1) is 11.3 Å². The van der Waals surface area contributed by atoms with Crippen molar-refractivity contribution in [1.29, 1.82) is 5.26 Å². The fourth-order valence-corrected chi connectivity index (χ4v) is 1.94. The van der Waals surface area contributed by atoms with Gasteiger partial charge in [0, 0.05) is 6.42 Å². The fourth-order valence-electron chi connectivity index (χ4n) is 1.09. The van der Waals surface area contributed by atoms with Gasteiger partial charge in [0.15, 0.2) is 0 Å². The minimum Gasteiger partial charge on any atom is -0.463 e. The predicted octanol–water partition coefficient (Wildman–Crippen LogP) is 2.60. The normalized spacial score (nSPS) is 9.75. The number of thioether (sulfide) groups is 1. The molecule has 0 saturated carbocycles. The maximum absolute atomic E-state index is 11.1. The molecule has 0 saturated heterocycles. The predicted molar refractivity (Wildman–Crippen MR) is 61.1 cm³/mol. The molecule has 1 heterocycles. The number of nitrogens with zero attached hydrogens (tertiary/aromatic N) is 1. The molecule has 0 aliphatic heterocycles. The molecule has 0 aromatic carbocycles. The molecule has 0 spiro atoms. The standard InChI is InChI=1S/C11H13NO3S/c1-14-11(13)10-5-4-9(15-10)8-16-7-3-2-6-12/h4-5H,2-3,7-8H2,1H3. The summed E-state index contributed by atoms with van der Waals surface area (Å²) in [7, 11) is 1.32. The summed E-state index contributed by atoms with van der Waals surface area (Å²) in [5, 5.41) is 8.35. The van der Waals surface area contributed by atoms with E-state index < -0.39 is 5.97 Å². The van der Waals surface area contributed by atoms with Crippen molar-refractivity contribution in [3.05, 3.63) is 23.7 Å². The van der Waals surface area contributed by atoms with E-state index in [9.17, 15) is 4.79 Å². The van der Waals surface area contributed by atoms with Crippen LogP contribution in [0.25, 0.3) is 0 Å². The van der Waals surface area contributed by atoms with Crippen molar-refractivity contribution < 1.29 is 13.9 Å². The van der Waals surface area contributed by atoms with Gasteiger partial charge in [-0.15, -0.1) is 0 Å². The molecule has 0 fully saturated rings. The number of ether oxygens (including phenoxy) is 1. The van der Waals surface area contributed by atoms with E-state index in [1.165, 1.54) is 7.11 Å². The van der Waals surface area contributed by atoms with Crippen LogP contribution in [0.2, 0.25) is 0 Å². The van der Waals surface area contributed by atoms with Crippen molar-refractivity contribution in [3.8, 4) is 6.07 Å². The second-order valence-electron chi connectivity index (χ2n) is 3.07. The average molecular weight is 239 g/mol. The highest BCUT2D eigenvalue weighted by Crippen LogP contribution is 2.16. The molecule has 0 aliphatic rings. The Morgan fingerprint density at radius 1 is 1.62 bits per heavy atom. The van der Waals surface area contributed by atoms with E-state index in [1.807, 2.05) is 0 Å². The lowest BCUT2D eigenvalue weighted by molar-refractivity contribution is 0.0563. The molecule has 0 aliphatic carbocycles. The first-order valence-corrected chi connectivity index (χ1v) is 6.05. The van der Waals surface area contributed by atoms with Gasteiger partial charge in [-0.1, -0.05) is 0 Å². The SMILES string of the molecule is COC(=O)c1ccc(CSCCCC#N)o1. The Balaban J connectivity index is 2.30. The van der Waals surface area contributed by atoms with Gasteiger partial charge in [0.05, 0.1) is 18.9 Å². The van der Waals surface area contributed by atoms with Gasteiger partial charge in [0.25, 0.3) is 0 Å². The Bertz CT molecular complexity index is 381. The van der Waals surface area contributed by atoms with Crippen molar-refractivity contribution in [2.75, 3.05) is 12.9 Å². The number of nitriles is 1. The second kappa shape index (κ2) is 6.96. The summed E-state index contributed by atoms with van der Waals surface area (Å²) in [4.78, 5) is 11.1. The monoisotopic (exact) mass is 239 g/mol. The van der Waals surface area contributed by atoms with Gasteiger partial charge >= 0.3 is 5.97 Å². The highest BCUT2D eigenvalue weighted by atomic mass is 32.2. The number of hydrogen-bond donors (Lipinski definition) is 0. The van der Waals surface area contributed by atoms with Crippen molar-refractivity contribution in [2.45, 2.75) is 18.6 Å². The van der Waals surface area contributed by atoms with E-state index >= 15 is 0 Å². The Hall–Kier alpha value is -1.41. The van der Waals surface area contributed by atoms with Crippen LogP contribution in [0.3, 0.4) is 0 Å². The highest BCUT2D eigenvalue weighted by molar-refractivity contribution is 7.98. The Kier molecular flexibility index (Phi) is 5.51. The smallest absolute Gasteiger partial charge is 0.373 e. The van der Waals surface area contributed by atoms with Crippen molar-refractivity contribution >= 4 is 17.7 Å². The Morgan fingerprint density at radius 3 is 3.12 bits per heavy atom. The lowest BCUT2D eigenvalue weighted by atomic mass is 10.4. The van der Waals surface area contributed by atoms with Crippen LogP contribution in [-0.2, 0) is 10.5 Å². The van der Waals surface area contributed by atoms with E-state index in [1.54, 1.807) is 23.9 Å². The number of furan rings is 1. The largest absolute Gasteiger partial charge is 0.463 e. The second-order valence-corrected chi connectivity index (χ2v) is 4.18. The number of hydrogen-bond acceptors (Lipinski definition) is 5. The summed E-state index contributed by atoms with van der Waals surface area (Å²) >= 11 is 1.68. The summed E-state index contributed by atoms with van der Waals surface area (Å²) in [6, 6.07) is 5.47. The zero-order valence-corrected chi connectivity index (χ0v) is 9.88. The van der Waals surface area contributed by atoms with Crippen LogP contribution in [0.15, 0.2) is 16.5 Å². The first kappa shape index (κ1) is 12.7. The fraction of sp³-hybridized carbons (Fsp3) is 0.455. The first-order chi connectivity index (χ1) is 7.77. The number of carbonyl (C=O) groups is 1. The molecule has 4 nitrogen and oxygen atoms in total. The van der Waals surface area contributed by atoms with Gasteiger partial charge in [0.1, 0.15) is 5.76 Å². The number of rotatable bonds is 6. The maximum Gasteiger partial charge on any atom is 0.373 e. The number of methoxy groups -OCH3 is 1.